The van der Waals surface area contributed by atoms with E-state index in [1.807, 2.05) is 0 Å². The minimum absolute atomic E-state index is 0.151. The summed E-state index contributed by atoms with van der Waals surface area (Å²) in [5, 5.41) is 6.93. The van der Waals surface area contributed by atoms with Crippen LogP contribution in [0.5, 0.6) is 0 Å². The maximum Gasteiger partial charge on any atom is 0.244 e. The quantitative estimate of drug-likeness (QED) is 0.681. The number of Topliss-reactive ketones (excluding diaryl/α,β-unsaturated/α-hetero) is 1. The fraction of sp³-hybridized carbons (Fsp3) is 0.688. The first-order valence-electron chi connectivity index (χ1n) is 8.53. The number of hydrogen-bond donors (Lipinski definition) is 2. The standard InChI is InChI=1S/C16H22N4O4/c21-13(9-20-14(22)6-7-15(20)23)11-8-12(19-18-11)16(24)17-10-4-2-1-3-5-10/h10,12,19H,1-9H2,(H,17,24). The van der Waals surface area contributed by atoms with Crippen LogP contribution in [0.3, 0.4) is 0 Å². The largest absolute Gasteiger partial charge is 0.352 e. The summed E-state index contributed by atoms with van der Waals surface area (Å²) in [6, 6.07) is -0.358. The van der Waals surface area contributed by atoms with Gasteiger partial charge in [-0.25, -0.2) is 0 Å². The molecule has 0 aromatic rings. The van der Waals surface area contributed by atoms with Crippen molar-refractivity contribution in [1.82, 2.24) is 15.6 Å². The summed E-state index contributed by atoms with van der Waals surface area (Å²) < 4.78 is 0. The van der Waals surface area contributed by atoms with Crippen LogP contribution in [-0.4, -0.2) is 52.7 Å². The third kappa shape index (κ3) is 3.63. The highest BCUT2D eigenvalue weighted by atomic mass is 16.2. The van der Waals surface area contributed by atoms with Gasteiger partial charge in [0.25, 0.3) is 0 Å². The van der Waals surface area contributed by atoms with Gasteiger partial charge in [-0.2, -0.15) is 5.10 Å². The molecule has 2 heterocycles. The smallest absolute Gasteiger partial charge is 0.244 e. The zero-order chi connectivity index (χ0) is 17.1. The molecule has 2 aliphatic heterocycles. The first-order chi connectivity index (χ1) is 11.5. The van der Waals surface area contributed by atoms with E-state index in [9.17, 15) is 19.2 Å². The summed E-state index contributed by atoms with van der Waals surface area (Å²) in [5.41, 5.74) is 2.91. The number of nitrogens with one attached hydrogen (secondary N) is 2. The highest BCUT2D eigenvalue weighted by Crippen LogP contribution is 2.18. The van der Waals surface area contributed by atoms with Crippen LogP contribution in [0.15, 0.2) is 5.10 Å². The van der Waals surface area contributed by atoms with Crippen molar-refractivity contribution < 1.29 is 19.2 Å². The Bertz CT molecular complexity index is 579. The normalized spacial score (nSPS) is 24.8. The zero-order valence-electron chi connectivity index (χ0n) is 13.5. The number of imide groups is 1. The molecule has 0 radical (unpaired) electrons. The van der Waals surface area contributed by atoms with Crippen molar-refractivity contribution >= 4 is 29.2 Å². The van der Waals surface area contributed by atoms with Gasteiger partial charge in [-0.15, -0.1) is 0 Å². The van der Waals surface area contributed by atoms with Gasteiger partial charge in [0.2, 0.25) is 17.7 Å². The van der Waals surface area contributed by atoms with Crippen LogP contribution < -0.4 is 10.7 Å². The number of carbonyl (C=O) groups is 4. The van der Waals surface area contributed by atoms with Gasteiger partial charge in [0.1, 0.15) is 11.8 Å². The number of rotatable bonds is 5. The molecule has 8 nitrogen and oxygen atoms in total. The average molecular weight is 334 g/mol. The van der Waals surface area contributed by atoms with Crippen molar-refractivity contribution in [1.29, 1.82) is 0 Å². The number of carbonyl (C=O) groups excluding carboxylic acids is 4. The predicted molar refractivity (Wildman–Crippen MR) is 85.0 cm³/mol. The van der Waals surface area contributed by atoms with E-state index in [4.69, 9.17) is 0 Å². The SMILES string of the molecule is O=C(CN1C(=O)CCC1=O)C1=NNC(C(=O)NC2CCCCC2)C1. The van der Waals surface area contributed by atoms with Gasteiger partial charge in [-0.1, -0.05) is 19.3 Å². The molecular weight excluding hydrogens is 312 g/mol. The molecule has 0 aromatic carbocycles. The summed E-state index contributed by atoms with van der Waals surface area (Å²) >= 11 is 0. The Balaban J connectivity index is 1.48. The summed E-state index contributed by atoms with van der Waals surface area (Å²) in [6.07, 6.45) is 5.95. The lowest BCUT2D eigenvalue weighted by molar-refractivity contribution is -0.140. The van der Waals surface area contributed by atoms with Crippen molar-refractivity contribution in [2.75, 3.05) is 6.54 Å². The maximum atomic E-state index is 12.3. The molecule has 0 bridgehead atoms. The highest BCUT2D eigenvalue weighted by molar-refractivity contribution is 6.42. The van der Waals surface area contributed by atoms with Gasteiger partial charge >= 0.3 is 0 Å². The Hall–Kier alpha value is -2.25. The number of hydrazone groups is 1. The molecule has 1 aliphatic carbocycles. The first kappa shape index (κ1) is 16.6. The van der Waals surface area contributed by atoms with Gasteiger partial charge in [0, 0.05) is 25.3 Å². The summed E-state index contributed by atoms with van der Waals surface area (Å²) in [6.45, 7) is -0.283. The molecule has 1 unspecified atom stereocenters. The molecule has 2 fully saturated rings. The van der Waals surface area contributed by atoms with E-state index in [1.165, 1.54) is 6.42 Å². The molecule has 1 saturated heterocycles. The van der Waals surface area contributed by atoms with Crippen molar-refractivity contribution in [2.45, 2.75) is 63.5 Å². The van der Waals surface area contributed by atoms with Crippen LogP contribution in [0.2, 0.25) is 0 Å². The highest BCUT2D eigenvalue weighted by Gasteiger charge is 2.35. The van der Waals surface area contributed by atoms with Gasteiger partial charge in [0.15, 0.2) is 5.78 Å². The van der Waals surface area contributed by atoms with Crippen molar-refractivity contribution in [3.63, 3.8) is 0 Å². The van der Waals surface area contributed by atoms with Gasteiger partial charge in [0.05, 0.1) is 6.54 Å². The minimum Gasteiger partial charge on any atom is -0.352 e. The molecular formula is C16H22N4O4. The second kappa shape index (κ2) is 7.11. The molecule has 3 amide bonds. The van der Waals surface area contributed by atoms with E-state index in [0.29, 0.717) is 0 Å². The van der Waals surface area contributed by atoms with Gasteiger partial charge in [-0.05, 0) is 12.8 Å². The second-order valence-electron chi connectivity index (χ2n) is 6.58. The molecule has 8 heteroatoms. The minimum atomic E-state index is -0.559. The fourth-order valence-corrected chi connectivity index (χ4v) is 3.35. The molecule has 24 heavy (non-hydrogen) atoms. The average Bonchev–Trinajstić information content (AvgIpc) is 3.18. The van der Waals surface area contributed by atoms with Crippen molar-refractivity contribution in [3.8, 4) is 0 Å². The molecule has 2 N–H and O–H groups in total. The Labute approximate surface area is 140 Å². The summed E-state index contributed by atoms with van der Waals surface area (Å²) in [7, 11) is 0. The molecule has 130 valence electrons. The van der Waals surface area contributed by atoms with E-state index in [2.05, 4.69) is 15.8 Å². The topological polar surface area (TPSA) is 108 Å². The molecule has 3 rings (SSSR count). The Morgan fingerprint density at radius 1 is 1.12 bits per heavy atom. The molecule has 0 spiro atoms. The molecule has 0 aromatic heterocycles. The van der Waals surface area contributed by atoms with Gasteiger partial charge in [-0.3, -0.25) is 29.5 Å². The third-order valence-electron chi connectivity index (χ3n) is 4.80. The number of likely N-dealkylation sites (tertiary alicyclic amines) is 1. The van der Waals surface area contributed by atoms with E-state index in [1.54, 1.807) is 0 Å². The Kier molecular flexibility index (Phi) is 4.92. The molecule has 1 atom stereocenters. The first-order valence-corrected chi connectivity index (χ1v) is 8.53. The summed E-state index contributed by atoms with van der Waals surface area (Å²) in [4.78, 5) is 48.6. The number of nitrogens with zero attached hydrogens (tertiary/aromatic N) is 2. The lowest BCUT2D eigenvalue weighted by Gasteiger charge is -2.24. The fourth-order valence-electron chi connectivity index (χ4n) is 3.35. The van der Waals surface area contributed by atoms with Crippen LogP contribution in [0.25, 0.3) is 0 Å². The Morgan fingerprint density at radius 3 is 2.46 bits per heavy atom. The van der Waals surface area contributed by atoms with E-state index >= 15 is 0 Å². The monoisotopic (exact) mass is 334 g/mol. The van der Waals surface area contributed by atoms with Crippen LogP contribution in [0, 0.1) is 0 Å². The van der Waals surface area contributed by atoms with Crippen LogP contribution >= 0.6 is 0 Å². The number of hydrogen-bond acceptors (Lipinski definition) is 6. The third-order valence-corrected chi connectivity index (χ3v) is 4.80. The summed E-state index contributed by atoms with van der Waals surface area (Å²) in [5.74, 6) is -1.20. The van der Waals surface area contributed by atoms with Crippen molar-refractivity contribution in [3.05, 3.63) is 0 Å². The number of ketones is 1. The predicted octanol–water partition coefficient (Wildman–Crippen LogP) is -0.129. The molecule has 1 saturated carbocycles. The second-order valence-corrected chi connectivity index (χ2v) is 6.58. The molecule has 3 aliphatic rings. The van der Waals surface area contributed by atoms with E-state index < -0.39 is 6.04 Å². The zero-order valence-corrected chi connectivity index (χ0v) is 13.5. The number of amides is 3. The lowest BCUT2D eigenvalue weighted by Crippen LogP contribution is -2.46. The van der Waals surface area contributed by atoms with Gasteiger partial charge < -0.3 is 5.32 Å². The van der Waals surface area contributed by atoms with Crippen LogP contribution in [0.1, 0.15) is 51.4 Å². The van der Waals surface area contributed by atoms with Crippen LogP contribution in [-0.2, 0) is 19.2 Å². The maximum absolute atomic E-state index is 12.3. The van der Waals surface area contributed by atoms with E-state index in [0.717, 1.165) is 30.6 Å². The lowest BCUT2D eigenvalue weighted by atomic mass is 9.95. The van der Waals surface area contributed by atoms with Crippen molar-refractivity contribution in [2.24, 2.45) is 5.10 Å². The van der Waals surface area contributed by atoms with E-state index in [-0.39, 0.29) is 61.1 Å². The van der Waals surface area contributed by atoms with Crippen LogP contribution in [0.4, 0.5) is 0 Å². The Morgan fingerprint density at radius 2 is 1.79 bits per heavy atom.